The highest BCUT2D eigenvalue weighted by Gasteiger charge is 2.20. The third-order valence-electron chi connectivity index (χ3n) is 3.33. The molecule has 0 aromatic carbocycles. The maximum Gasteiger partial charge on any atom is 0.352 e. The fourth-order valence-corrected chi connectivity index (χ4v) is 2.33. The summed E-state index contributed by atoms with van der Waals surface area (Å²) in [4.78, 5) is 17.8. The fourth-order valence-electron chi connectivity index (χ4n) is 2.33. The first-order valence-electron chi connectivity index (χ1n) is 6.79. The van der Waals surface area contributed by atoms with Gasteiger partial charge in [0, 0.05) is 6.54 Å². The lowest BCUT2D eigenvalue weighted by Crippen LogP contribution is -2.21. The molecule has 1 saturated carbocycles. The van der Waals surface area contributed by atoms with Crippen molar-refractivity contribution in [2.75, 3.05) is 24.2 Å². The van der Waals surface area contributed by atoms with Crippen LogP contribution in [0.25, 0.3) is 0 Å². The van der Waals surface area contributed by atoms with Crippen molar-refractivity contribution in [3.63, 3.8) is 0 Å². The summed E-state index contributed by atoms with van der Waals surface area (Å²) in [5.41, 5.74) is 5.19. The molecule has 0 bridgehead atoms. The number of hydrogen-bond donors (Lipinski definition) is 2. The highest BCUT2D eigenvalue weighted by Crippen LogP contribution is 2.26. The number of nitrogens with two attached hydrogens (primary N) is 1. The summed E-state index contributed by atoms with van der Waals surface area (Å²) in [6.07, 6.45) is 7.42. The minimum atomic E-state index is -0.584. The number of rotatable bonds is 6. The van der Waals surface area contributed by atoms with Crippen molar-refractivity contribution < 1.29 is 9.66 Å². The van der Waals surface area contributed by atoms with E-state index in [0.29, 0.717) is 19.3 Å². The lowest BCUT2D eigenvalue weighted by molar-refractivity contribution is -0.383. The van der Waals surface area contributed by atoms with Gasteiger partial charge in [0.2, 0.25) is 11.6 Å². The normalized spacial score (nSPS) is 16.0. The summed E-state index contributed by atoms with van der Waals surface area (Å²) < 4.78 is 5.73. The Bertz CT molecular complexity index is 462. The van der Waals surface area contributed by atoms with Crippen molar-refractivity contribution in [2.45, 2.75) is 38.2 Å². The first-order valence-corrected chi connectivity index (χ1v) is 6.79. The fraction of sp³-hybridized carbons (Fsp3) is 0.667. The van der Waals surface area contributed by atoms with Crippen LogP contribution in [0, 0.1) is 10.1 Å². The predicted octanol–water partition coefficient (Wildman–Crippen LogP) is 1.73. The molecule has 0 atom stereocenters. The molecule has 1 aliphatic rings. The molecule has 1 fully saturated rings. The molecule has 8 heteroatoms. The standard InChI is InChI=1S/C12H19N5O3/c13-11-10(17(18)19)12(16-8-15-11)14-6-7-20-9-4-2-1-3-5-9/h8-9H,1-7H2,(H3,13,14,15,16). The van der Waals surface area contributed by atoms with E-state index in [4.69, 9.17) is 10.5 Å². The second-order valence-electron chi connectivity index (χ2n) is 4.77. The SMILES string of the molecule is Nc1ncnc(NCCOC2CCCCC2)c1[N+](=O)[O-]. The van der Waals surface area contributed by atoms with Crippen molar-refractivity contribution in [3.8, 4) is 0 Å². The lowest BCUT2D eigenvalue weighted by Gasteiger charge is -2.22. The van der Waals surface area contributed by atoms with Gasteiger partial charge in [0.05, 0.1) is 17.6 Å². The summed E-state index contributed by atoms with van der Waals surface area (Å²) in [5.74, 6) is -0.00422. The van der Waals surface area contributed by atoms with Gasteiger partial charge in [0.15, 0.2) is 0 Å². The molecule has 0 saturated heterocycles. The van der Waals surface area contributed by atoms with Gasteiger partial charge < -0.3 is 15.8 Å². The van der Waals surface area contributed by atoms with E-state index in [0.717, 1.165) is 12.8 Å². The summed E-state index contributed by atoms with van der Waals surface area (Å²) >= 11 is 0. The summed E-state index contributed by atoms with van der Waals surface area (Å²) in [5, 5.41) is 13.8. The second-order valence-corrected chi connectivity index (χ2v) is 4.77. The number of nitrogens with one attached hydrogen (secondary N) is 1. The first kappa shape index (κ1) is 14.4. The van der Waals surface area contributed by atoms with Crippen LogP contribution in [0.4, 0.5) is 17.3 Å². The van der Waals surface area contributed by atoms with E-state index >= 15 is 0 Å². The predicted molar refractivity (Wildman–Crippen MR) is 74.4 cm³/mol. The van der Waals surface area contributed by atoms with Crippen LogP contribution in [0.15, 0.2) is 6.33 Å². The quantitative estimate of drug-likeness (QED) is 0.463. The Kier molecular flexibility index (Phi) is 5.05. The highest BCUT2D eigenvalue weighted by molar-refractivity contribution is 5.67. The van der Waals surface area contributed by atoms with Gasteiger partial charge in [0.1, 0.15) is 6.33 Å². The number of nitrogens with zero attached hydrogens (tertiary/aromatic N) is 3. The third kappa shape index (κ3) is 3.77. The highest BCUT2D eigenvalue weighted by atomic mass is 16.6. The van der Waals surface area contributed by atoms with Gasteiger partial charge >= 0.3 is 5.69 Å². The van der Waals surface area contributed by atoms with Crippen LogP contribution in [-0.2, 0) is 4.74 Å². The number of ether oxygens (including phenoxy) is 1. The van der Waals surface area contributed by atoms with Crippen LogP contribution >= 0.6 is 0 Å². The van der Waals surface area contributed by atoms with Gasteiger partial charge in [-0.15, -0.1) is 0 Å². The van der Waals surface area contributed by atoms with Crippen molar-refractivity contribution in [2.24, 2.45) is 0 Å². The summed E-state index contributed by atoms with van der Waals surface area (Å²) in [7, 11) is 0. The topological polar surface area (TPSA) is 116 Å². The molecular weight excluding hydrogens is 262 g/mol. The van der Waals surface area contributed by atoms with Crippen molar-refractivity contribution in [1.82, 2.24) is 9.97 Å². The number of nitro groups is 1. The zero-order valence-corrected chi connectivity index (χ0v) is 11.2. The zero-order valence-electron chi connectivity index (χ0n) is 11.2. The Labute approximate surface area is 116 Å². The van der Waals surface area contributed by atoms with E-state index in [-0.39, 0.29) is 17.3 Å². The molecule has 0 amide bonds. The second kappa shape index (κ2) is 6.99. The van der Waals surface area contributed by atoms with Crippen molar-refractivity contribution >= 4 is 17.3 Å². The molecule has 0 unspecified atom stereocenters. The molecular formula is C12H19N5O3. The number of nitrogen functional groups attached to an aromatic ring is 1. The number of anilines is 2. The molecule has 3 N–H and O–H groups in total. The average Bonchev–Trinajstić information content (AvgIpc) is 2.44. The number of aromatic nitrogens is 2. The maximum absolute atomic E-state index is 10.9. The zero-order chi connectivity index (χ0) is 14.4. The Morgan fingerprint density at radius 1 is 1.40 bits per heavy atom. The Morgan fingerprint density at radius 2 is 2.15 bits per heavy atom. The largest absolute Gasteiger partial charge is 0.378 e. The van der Waals surface area contributed by atoms with Gasteiger partial charge in [-0.05, 0) is 12.8 Å². The smallest absolute Gasteiger partial charge is 0.352 e. The van der Waals surface area contributed by atoms with Crippen LogP contribution in [0.2, 0.25) is 0 Å². The summed E-state index contributed by atoms with van der Waals surface area (Å²) in [6, 6.07) is 0. The average molecular weight is 281 g/mol. The first-order chi connectivity index (χ1) is 9.68. The Morgan fingerprint density at radius 3 is 2.85 bits per heavy atom. The van der Waals surface area contributed by atoms with E-state index in [1.807, 2.05) is 0 Å². The molecule has 20 heavy (non-hydrogen) atoms. The van der Waals surface area contributed by atoms with E-state index < -0.39 is 4.92 Å². The molecule has 1 aromatic heterocycles. The van der Waals surface area contributed by atoms with E-state index in [2.05, 4.69) is 15.3 Å². The van der Waals surface area contributed by atoms with E-state index in [1.165, 1.54) is 25.6 Å². The summed E-state index contributed by atoms with van der Waals surface area (Å²) in [6.45, 7) is 0.944. The van der Waals surface area contributed by atoms with Gasteiger partial charge in [-0.3, -0.25) is 10.1 Å². The van der Waals surface area contributed by atoms with Crippen LogP contribution in [0.3, 0.4) is 0 Å². The van der Waals surface area contributed by atoms with E-state index in [9.17, 15) is 10.1 Å². The van der Waals surface area contributed by atoms with Crippen molar-refractivity contribution in [1.29, 1.82) is 0 Å². The minimum Gasteiger partial charge on any atom is -0.378 e. The van der Waals surface area contributed by atoms with Gasteiger partial charge in [-0.1, -0.05) is 19.3 Å². The van der Waals surface area contributed by atoms with Gasteiger partial charge in [-0.25, -0.2) is 9.97 Å². The molecule has 0 aliphatic heterocycles. The molecule has 0 spiro atoms. The van der Waals surface area contributed by atoms with Crippen LogP contribution < -0.4 is 11.1 Å². The van der Waals surface area contributed by atoms with Crippen LogP contribution in [-0.4, -0.2) is 34.1 Å². The Balaban J connectivity index is 1.82. The molecule has 110 valence electrons. The molecule has 1 aliphatic carbocycles. The molecule has 8 nitrogen and oxygen atoms in total. The molecule has 1 aromatic rings. The third-order valence-corrected chi connectivity index (χ3v) is 3.33. The monoisotopic (exact) mass is 281 g/mol. The molecule has 2 rings (SSSR count). The Hall–Kier alpha value is -1.96. The lowest BCUT2D eigenvalue weighted by atomic mass is 9.98. The van der Waals surface area contributed by atoms with E-state index in [1.54, 1.807) is 0 Å². The van der Waals surface area contributed by atoms with Crippen LogP contribution in [0.5, 0.6) is 0 Å². The number of hydrogen-bond acceptors (Lipinski definition) is 7. The maximum atomic E-state index is 10.9. The van der Waals surface area contributed by atoms with Crippen molar-refractivity contribution in [3.05, 3.63) is 16.4 Å². The minimum absolute atomic E-state index is 0.134. The molecule has 1 heterocycles. The van der Waals surface area contributed by atoms with Gasteiger partial charge in [0.25, 0.3) is 0 Å². The van der Waals surface area contributed by atoms with Gasteiger partial charge in [-0.2, -0.15) is 0 Å². The van der Waals surface area contributed by atoms with Crippen LogP contribution in [0.1, 0.15) is 32.1 Å². The molecule has 0 radical (unpaired) electrons.